The van der Waals surface area contributed by atoms with Gasteiger partial charge in [0.15, 0.2) is 12.6 Å². The first kappa shape index (κ1) is 83.7. The van der Waals surface area contributed by atoms with Crippen molar-refractivity contribution in [2.45, 2.75) is 351 Å². The third-order valence-corrected chi connectivity index (χ3v) is 17.2. The molecular weight excluding hydrogens is 1150 g/mol. The third-order valence-electron chi connectivity index (χ3n) is 17.2. The molecule has 2 rings (SSSR count). The molecule has 2 saturated heterocycles. The van der Waals surface area contributed by atoms with Gasteiger partial charge in [-0.05, 0) is 83.5 Å². The lowest BCUT2D eigenvalue weighted by Gasteiger charge is -2.46. The number of hydrogen-bond donors (Lipinski definition) is 9. The zero-order chi connectivity index (χ0) is 65.9. The minimum atomic E-state index is -1.80. The zero-order valence-corrected chi connectivity index (χ0v) is 57.1. The molecular formula is C77H133NO13. The molecule has 0 aromatic heterocycles. The predicted octanol–water partition coefficient (Wildman–Crippen LogP) is 15.5. The highest BCUT2D eigenvalue weighted by Gasteiger charge is 2.51. The van der Waals surface area contributed by atoms with E-state index in [-0.39, 0.29) is 18.9 Å². The molecule has 0 aromatic rings. The van der Waals surface area contributed by atoms with E-state index in [0.29, 0.717) is 6.42 Å². The van der Waals surface area contributed by atoms with E-state index in [1.54, 1.807) is 6.08 Å². The number of nitrogens with one attached hydrogen (secondary N) is 1. The van der Waals surface area contributed by atoms with Gasteiger partial charge in [-0.3, -0.25) is 4.79 Å². The molecule has 0 aromatic carbocycles. The molecule has 9 N–H and O–H groups in total. The van der Waals surface area contributed by atoms with E-state index >= 15 is 0 Å². The molecule has 14 nitrogen and oxygen atoms in total. The van der Waals surface area contributed by atoms with Crippen molar-refractivity contribution in [2.75, 3.05) is 19.8 Å². The Bertz CT molecular complexity index is 1950. The smallest absolute Gasteiger partial charge is 0.220 e. The lowest BCUT2D eigenvalue weighted by atomic mass is 9.97. The quantitative estimate of drug-likeness (QED) is 0.0204. The second-order valence-corrected chi connectivity index (χ2v) is 25.3. The summed E-state index contributed by atoms with van der Waals surface area (Å²) in [7, 11) is 0. The van der Waals surface area contributed by atoms with Gasteiger partial charge in [-0.15, -0.1) is 0 Å². The number of allylic oxidation sites excluding steroid dienone is 17. The summed E-state index contributed by atoms with van der Waals surface area (Å²) in [6, 6.07) is -0.939. The van der Waals surface area contributed by atoms with Crippen LogP contribution in [0.1, 0.15) is 277 Å². The maximum atomic E-state index is 13.3. The Labute approximate surface area is 553 Å². The molecule has 0 saturated carbocycles. The van der Waals surface area contributed by atoms with Crippen LogP contribution in [0.2, 0.25) is 0 Å². The van der Waals surface area contributed by atoms with Crippen LogP contribution in [-0.2, 0) is 23.7 Å². The SMILES string of the molecule is CC/C=C\C/C=C\C/C=C\C/C=C\C/C=C\C/C=C\C/C=C\C/C=C\CCCCCCC(=O)NC(COC1OC(CO)C(OC2OC(CO)C(O)C(O)C2O)C(O)C1O)C(O)/C=C/CCCCCCCCCCCCCCCCCCCCCCCCCCCC. The van der Waals surface area contributed by atoms with Crippen LogP contribution in [0.15, 0.2) is 109 Å². The van der Waals surface area contributed by atoms with Gasteiger partial charge in [0, 0.05) is 6.42 Å². The lowest BCUT2D eigenvalue weighted by molar-refractivity contribution is -0.359. The molecule has 0 aliphatic carbocycles. The Morgan fingerprint density at radius 2 is 0.758 bits per heavy atom. The Hall–Kier alpha value is -3.35. The van der Waals surface area contributed by atoms with Gasteiger partial charge in [0.05, 0.1) is 32.0 Å². The summed E-state index contributed by atoms with van der Waals surface area (Å²) in [4.78, 5) is 13.3. The van der Waals surface area contributed by atoms with Gasteiger partial charge in [-0.1, -0.05) is 297 Å². The van der Waals surface area contributed by atoms with Crippen LogP contribution >= 0.6 is 0 Å². The second-order valence-electron chi connectivity index (χ2n) is 25.3. The van der Waals surface area contributed by atoms with Crippen LogP contribution in [0.5, 0.6) is 0 Å². The van der Waals surface area contributed by atoms with Crippen molar-refractivity contribution in [1.29, 1.82) is 0 Å². The molecule has 2 aliphatic rings. The van der Waals surface area contributed by atoms with Crippen LogP contribution in [0.3, 0.4) is 0 Å². The molecule has 2 aliphatic heterocycles. The first-order chi connectivity index (χ1) is 44.6. The van der Waals surface area contributed by atoms with Crippen LogP contribution in [-0.4, -0.2) is 140 Å². The molecule has 0 bridgehead atoms. The molecule has 0 radical (unpaired) electrons. The highest BCUT2D eigenvalue weighted by Crippen LogP contribution is 2.30. The van der Waals surface area contributed by atoms with Gasteiger partial charge < -0.3 is 65.1 Å². The Morgan fingerprint density at radius 1 is 0.407 bits per heavy atom. The number of carbonyl (C=O) groups is 1. The average molecular weight is 1280 g/mol. The van der Waals surface area contributed by atoms with Gasteiger partial charge in [-0.2, -0.15) is 0 Å². The highest BCUT2D eigenvalue weighted by molar-refractivity contribution is 5.76. The predicted molar refractivity (Wildman–Crippen MR) is 373 cm³/mol. The number of unbranched alkanes of at least 4 members (excludes halogenated alkanes) is 30. The molecule has 2 heterocycles. The van der Waals surface area contributed by atoms with Crippen LogP contribution in [0.4, 0.5) is 0 Å². The molecule has 524 valence electrons. The van der Waals surface area contributed by atoms with Crippen molar-refractivity contribution in [3.05, 3.63) is 109 Å². The van der Waals surface area contributed by atoms with Crippen LogP contribution in [0, 0.1) is 0 Å². The summed E-state index contributed by atoms with van der Waals surface area (Å²) in [6.45, 7) is 2.69. The fraction of sp³-hybridized carbons (Fsp3) is 0.753. The molecule has 0 spiro atoms. The molecule has 12 unspecified atom stereocenters. The maximum Gasteiger partial charge on any atom is 0.220 e. The van der Waals surface area contributed by atoms with E-state index in [4.69, 9.17) is 18.9 Å². The summed E-state index contributed by atoms with van der Waals surface area (Å²) in [6.07, 6.45) is 70.0. The van der Waals surface area contributed by atoms with Crippen molar-refractivity contribution < 1.29 is 64.6 Å². The van der Waals surface area contributed by atoms with Gasteiger partial charge >= 0.3 is 0 Å². The number of ether oxygens (including phenoxy) is 4. The lowest BCUT2D eigenvalue weighted by Crippen LogP contribution is -2.65. The van der Waals surface area contributed by atoms with Gasteiger partial charge in [-0.25, -0.2) is 0 Å². The van der Waals surface area contributed by atoms with E-state index in [1.807, 2.05) is 6.08 Å². The first-order valence-electron chi connectivity index (χ1n) is 36.6. The average Bonchev–Trinajstić information content (AvgIpc) is 1.06. The highest BCUT2D eigenvalue weighted by atomic mass is 16.7. The summed E-state index contributed by atoms with van der Waals surface area (Å²) >= 11 is 0. The Kier molecular flexibility index (Phi) is 55.5. The number of amides is 1. The normalized spacial score (nSPS) is 23.5. The molecule has 2 fully saturated rings. The van der Waals surface area contributed by atoms with Gasteiger partial charge in [0.1, 0.15) is 48.8 Å². The first-order valence-corrected chi connectivity index (χ1v) is 36.6. The van der Waals surface area contributed by atoms with Crippen LogP contribution in [0.25, 0.3) is 0 Å². The number of aliphatic hydroxyl groups excluding tert-OH is 8. The van der Waals surface area contributed by atoms with Crippen molar-refractivity contribution in [3.8, 4) is 0 Å². The fourth-order valence-corrected chi connectivity index (χ4v) is 11.4. The molecule has 91 heavy (non-hydrogen) atoms. The summed E-state index contributed by atoms with van der Waals surface area (Å²) in [5, 5.41) is 87.5. The summed E-state index contributed by atoms with van der Waals surface area (Å²) in [5.74, 6) is -0.265. The van der Waals surface area contributed by atoms with Crippen molar-refractivity contribution in [3.63, 3.8) is 0 Å². The van der Waals surface area contributed by atoms with E-state index in [2.05, 4.69) is 116 Å². The topological polar surface area (TPSA) is 228 Å². The van der Waals surface area contributed by atoms with E-state index in [1.165, 1.54) is 154 Å². The summed E-state index contributed by atoms with van der Waals surface area (Å²) < 4.78 is 22.9. The minimum Gasteiger partial charge on any atom is -0.394 e. The van der Waals surface area contributed by atoms with E-state index in [9.17, 15) is 45.6 Å². The number of aliphatic hydroxyl groups is 8. The largest absolute Gasteiger partial charge is 0.394 e. The Morgan fingerprint density at radius 3 is 1.16 bits per heavy atom. The number of carbonyl (C=O) groups excluding carboxylic acids is 1. The molecule has 12 atom stereocenters. The fourth-order valence-electron chi connectivity index (χ4n) is 11.4. The van der Waals surface area contributed by atoms with Crippen molar-refractivity contribution in [2.24, 2.45) is 0 Å². The van der Waals surface area contributed by atoms with Crippen molar-refractivity contribution in [1.82, 2.24) is 5.32 Å². The maximum absolute atomic E-state index is 13.3. The minimum absolute atomic E-state index is 0.245. The van der Waals surface area contributed by atoms with E-state index < -0.39 is 86.8 Å². The van der Waals surface area contributed by atoms with Gasteiger partial charge in [0.2, 0.25) is 5.91 Å². The van der Waals surface area contributed by atoms with Gasteiger partial charge in [0.25, 0.3) is 0 Å². The van der Waals surface area contributed by atoms with Crippen molar-refractivity contribution >= 4 is 5.91 Å². The number of hydrogen-bond acceptors (Lipinski definition) is 13. The standard InChI is InChI=1S/C77H133NO13/c1-3-5-7-9-11-13-15-17-19-21-23-25-27-29-31-33-35-37-39-41-43-45-47-49-51-53-55-57-59-61-69(82)78-65(64-88-76-74(87)72(85)75(68(63-80)90-76)91-77-73(86)71(84)70(83)67(62-79)89-77)66(81)60-58-56-54-52-50-48-46-44-42-40-38-36-34-32-30-28-26-24-22-20-18-16-14-12-10-8-6-4-2/h5,7,11,13,17,19,23,25,29,31,35,37,41,43,47,49,58,60,65-68,70-77,79-81,83-87H,3-4,6,8-10,12,14-16,18,20-22,24,26-28,30,32-34,36,38-40,42,44-46,48,50-57,59,61-64H2,1-2H3,(H,78,82)/b7-5-,13-11-,19-17-,25-23-,31-29-,37-35-,43-41-,49-47-,60-58+. The third kappa shape index (κ3) is 44.1. The summed E-state index contributed by atoms with van der Waals surface area (Å²) in [5.41, 5.74) is 0. The number of rotatable bonds is 59. The van der Waals surface area contributed by atoms with E-state index in [0.717, 1.165) is 96.3 Å². The molecule has 1 amide bonds. The molecule has 14 heteroatoms. The second kappa shape index (κ2) is 60.3. The van der Waals surface area contributed by atoms with Crippen LogP contribution < -0.4 is 5.32 Å². The zero-order valence-electron chi connectivity index (χ0n) is 57.1. The monoisotopic (exact) mass is 1280 g/mol. The Balaban J connectivity index is 1.70.